The molecule has 0 aliphatic heterocycles. The van der Waals surface area contributed by atoms with Crippen molar-refractivity contribution >= 4 is 11.9 Å². The second-order valence-corrected chi connectivity index (χ2v) is 4.92. The molecule has 1 atom stereocenters. The van der Waals surface area contributed by atoms with Crippen molar-refractivity contribution in [3.05, 3.63) is 0 Å². The van der Waals surface area contributed by atoms with Crippen molar-refractivity contribution in [1.82, 2.24) is 5.32 Å². The van der Waals surface area contributed by atoms with Crippen LogP contribution in [0.3, 0.4) is 0 Å². The summed E-state index contributed by atoms with van der Waals surface area (Å²) in [5.74, 6) is -1.13. The zero-order valence-corrected chi connectivity index (χ0v) is 10.0. The minimum Gasteiger partial charge on any atom is -0.481 e. The van der Waals surface area contributed by atoms with Crippen molar-refractivity contribution in [1.29, 1.82) is 0 Å². The van der Waals surface area contributed by atoms with Crippen LogP contribution in [-0.4, -0.2) is 23.5 Å². The summed E-state index contributed by atoms with van der Waals surface area (Å²) >= 11 is 0. The molecule has 1 saturated carbocycles. The summed E-state index contributed by atoms with van der Waals surface area (Å²) in [6.07, 6.45) is 4.13. The van der Waals surface area contributed by atoms with Crippen molar-refractivity contribution in [2.45, 2.75) is 39.5 Å². The smallest absolute Gasteiger partial charge is 0.308 e. The average molecular weight is 227 g/mol. The third-order valence-corrected chi connectivity index (χ3v) is 3.34. The second-order valence-electron chi connectivity index (χ2n) is 4.92. The Balaban J connectivity index is 2.36. The summed E-state index contributed by atoms with van der Waals surface area (Å²) in [6.45, 7) is 3.98. The Morgan fingerprint density at radius 1 is 1.31 bits per heavy atom. The second kappa shape index (κ2) is 5.87. The van der Waals surface area contributed by atoms with E-state index in [1.54, 1.807) is 0 Å². The quantitative estimate of drug-likeness (QED) is 0.750. The number of aliphatic carboxylic acids is 1. The van der Waals surface area contributed by atoms with Crippen molar-refractivity contribution in [3.8, 4) is 0 Å². The molecule has 0 bridgehead atoms. The van der Waals surface area contributed by atoms with Crippen LogP contribution in [0.5, 0.6) is 0 Å². The highest BCUT2D eigenvalue weighted by molar-refractivity contribution is 5.79. The summed E-state index contributed by atoms with van der Waals surface area (Å²) in [5, 5.41) is 11.7. The molecule has 0 aromatic rings. The highest BCUT2D eigenvalue weighted by Crippen LogP contribution is 2.24. The highest BCUT2D eigenvalue weighted by atomic mass is 16.4. The molecule has 4 heteroatoms. The molecule has 2 N–H and O–H groups in total. The maximum atomic E-state index is 11.7. The van der Waals surface area contributed by atoms with Gasteiger partial charge in [-0.3, -0.25) is 9.59 Å². The lowest BCUT2D eigenvalue weighted by Gasteiger charge is -2.18. The zero-order valence-electron chi connectivity index (χ0n) is 10.0. The lowest BCUT2D eigenvalue weighted by Crippen LogP contribution is -2.38. The van der Waals surface area contributed by atoms with Crippen LogP contribution < -0.4 is 5.32 Å². The van der Waals surface area contributed by atoms with E-state index >= 15 is 0 Å². The molecule has 0 saturated heterocycles. The summed E-state index contributed by atoms with van der Waals surface area (Å²) in [4.78, 5) is 22.6. The number of rotatable bonds is 5. The molecule has 0 spiro atoms. The predicted octanol–water partition coefficient (Wildman–Crippen LogP) is 1.65. The molecule has 1 aliphatic rings. The standard InChI is InChI=1S/C12H21NO3/c1-8(2)10(12(15)16)7-13-11(14)9-5-3-4-6-9/h8-10H,3-7H2,1-2H3,(H,13,14)(H,15,16). The van der Waals surface area contributed by atoms with Crippen LogP contribution in [-0.2, 0) is 9.59 Å². The molecule has 1 amide bonds. The van der Waals surface area contributed by atoms with Crippen LogP contribution in [0, 0.1) is 17.8 Å². The summed E-state index contributed by atoms with van der Waals surface area (Å²) < 4.78 is 0. The van der Waals surface area contributed by atoms with Gasteiger partial charge in [-0.05, 0) is 18.8 Å². The van der Waals surface area contributed by atoms with E-state index in [9.17, 15) is 9.59 Å². The number of carbonyl (C=O) groups excluding carboxylic acids is 1. The van der Waals surface area contributed by atoms with Gasteiger partial charge in [0.05, 0.1) is 5.92 Å². The fraction of sp³-hybridized carbons (Fsp3) is 0.833. The van der Waals surface area contributed by atoms with Gasteiger partial charge in [-0.25, -0.2) is 0 Å². The van der Waals surface area contributed by atoms with Gasteiger partial charge in [0, 0.05) is 12.5 Å². The van der Waals surface area contributed by atoms with Gasteiger partial charge in [0.15, 0.2) is 0 Å². The molecule has 1 rings (SSSR count). The van der Waals surface area contributed by atoms with E-state index in [0.29, 0.717) is 0 Å². The largest absolute Gasteiger partial charge is 0.481 e. The van der Waals surface area contributed by atoms with Crippen molar-refractivity contribution in [2.24, 2.45) is 17.8 Å². The lowest BCUT2D eigenvalue weighted by atomic mass is 9.95. The van der Waals surface area contributed by atoms with Gasteiger partial charge in [-0.2, -0.15) is 0 Å². The number of nitrogens with one attached hydrogen (secondary N) is 1. The molecule has 92 valence electrons. The van der Waals surface area contributed by atoms with Crippen LogP contribution in [0.2, 0.25) is 0 Å². The Morgan fingerprint density at radius 2 is 1.88 bits per heavy atom. The van der Waals surface area contributed by atoms with Crippen LogP contribution in [0.15, 0.2) is 0 Å². The number of hydrogen-bond donors (Lipinski definition) is 2. The average Bonchev–Trinajstić information content (AvgIpc) is 2.69. The van der Waals surface area contributed by atoms with Crippen molar-refractivity contribution in [2.75, 3.05) is 6.54 Å². The minimum atomic E-state index is -0.832. The van der Waals surface area contributed by atoms with E-state index in [-0.39, 0.29) is 24.3 Å². The summed E-state index contributed by atoms with van der Waals surface area (Å²) in [7, 11) is 0. The van der Waals surface area contributed by atoms with E-state index in [2.05, 4.69) is 5.32 Å². The Kier molecular flexibility index (Phi) is 4.77. The first-order chi connectivity index (χ1) is 7.52. The SMILES string of the molecule is CC(C)C(CNC(=O)C1CCCC1)C(=O)O. The molecule has 16 heavy (non-hydrogen) atoms. The van der Waals surface area contributed by atoms with Gasteiger partial charge in [-0.15, -0.1) is 0 Å². The van der Waals surface area contributed by atoms with E-state index in [0.717, 1.165) is 25.7 Å². The minimum absolute atomic E-state index is 0.0319. The van der Waals surface area contributed by atoms with Gasteiger partial charge in [0.1, 0.15) is 0 Å². The van der Waals surface area contributed by atoms with Gasteiger partial charge in [-0.1, -0.05) is 26.7 Å². The molecule has 0 radical (unpaired) electrons. The topological polar surface area (TPSA) is 66.4 Å². The maximum absolute atomic E-state index is 11.7. The highest BCUT2D eigenvalue weighted by Gasteiger charge is 2.26. The fourth-order valence-electron chi connectivity index (χ4n) is 2.15. The van der Waals surface area contributed by atoms with Crippen molar-refractivity contribution < 1.29 is 14.7 Å². The van der Waals surface area contributed by atoms with Crippen LogP contribution in [0.4, 0.5) is 0 Å². The van der Waals surface area contributed by atoms with Gasteiger partial charge in [0.2, 0.25) is 5.91 Å². The fourth-order valence-corrected chi connectivity index (χ4v) is 2.15. The molecule has 1 unspecified atom stereocenters. The third kappa shape index (κ3) is 3.51. The third-order valence-electron chi connectivity index (χ3n) is 3.34. The van der Waals surface area contributed by atoms with Crippen LogP contribution in [0.25, 0.3) is 0 Å². The molecule has 0 aromatic heterocycles. The lowest BCUT2D eigenvalue weighted by molar-refractivity contribution is -0.143. The zero-order chi connectivity index (χ0) is 12.1. The first-order valence-corrected chi connectivity index (χ1v) is 6.03. The Bertz CT molecular complexity index is 257. The van der Waals surface area contributed by atoms with E-state index in [4.69, 9.17) is 5.11 Å². The molecule has 1 fully saturated rings. The molecular formula is C12H21NO3. The first kappa shape index (κ1) is 13.0. The van der Waals surface area contributed by atoms with Gasteiger partial charge < -0.3 is 10.4 Å². The van der Waals surface area contributed by atoms with E-state index < -0.39 is 11.9 Å². The maximum Gasteiger partial charge on any atom is 0.308 e. The number of amides is 1. The van der Waals surface area contributed by atoms with Crippen LogP contribution in [0.1, 0.15) is 39.5 Å². The molecule has 1 aliphatic carbocycles. The first-order valence-electron chi connectivity index (χ1n) is 6.03. The number of hydrogen-bond acceptors (Lipinski definition) is 2. The van der Waals surface area contributed by atoms with E-state index in [1.807, 2.05) is 13.8 Å². The Labute approximate surface area is 96.4 Å². The molecule has 0 aromatic carbocycles. The number of carbonyl (C=O) groups is 2. The van der Waals surface area contributed by atoms with Crippen molar-refractivity contribution in [3.63, 3.8) is 0 Å². The van der Waals surface area contributed by atoms with E-state index in [1.165, 1.54) is 0 Å². The van der Waals surface area contributed by atoms with Gasteiger partial charge in [0.25, 0.3) is 0 Å². The summed E-state index contributed by atoms with van der Waals surface area (Å²) in [6, 6.07) is 0. The van der Waals surface area contributed by atoms with Crippen LogP contribution >= 0.6 is 0 Å². The number of carboxylic acids is 1. The number of carboxylic acid groups (broad SMARTS) is 1. The monoisotopic (exact) mass is 227 g/mol. The molecular weight excluding hydrogens is 206 g/mol. The predicted molar refractivity (Wildman–Crippen MR) is 60.9 cm³/mol. The normalized spacial score (nSPS) is 18.7. The Morgan fingerprint density at radius 3 is 2.31 bits per heavy atom. The molecule has 4 nitrogen and oxygen atoms in total. The van der Waals surface area contributed by atoms with Gasteiger partial charge >= 0.3 is 5.97 Å². The Hall–Kier alpha value is -1.06. The molecule has 0 heterocycles. The summed E-state index contributed by atoms with van der Waals surface area (Å²) in [5.41, 5.74) is 0.